The Morgan fingerprint density at radius 2 is 2.17 bits per heavy atom. The van der Waals surface area contributed by atoms with Crippen LogP contribution in [0.2, 0.25) is 0 Å². The summed E-state index contributed by atoms with van der Waals surface area (Å²) >= 11 is 0. The summed E-state index contributed by atoms with van der Waals surface area (Å²) < 4.78 is 5.35. The molecule has 18 heavy (non-hydrogen) atoms. The summed E-state index contributed by atoms with van der Waals surface area (Å²) in [6, 6.07) is 0. The molecular formula is C12H24ClN3O2. The lowest BCUT2D eigenvalue weighted by atomic mass is 10.1. The van der Waals surface area contributed by atoms with Crippen molar-refractivity contribution in [1.29, 1.82) is 0 Å². The maximum Gasteiger partial charge on any atom is 0.236 e. The van der Waals surface area contributed by atoms with Crippen LogP contribution >= 0.6 is 12.4 Å². The van der Waals surface area contributed by atoms with Gasteiger partial charge in [-0.05, 0) is 19.4 Å². The number of carbonyl (C=O) groups is 1. The van der Waals surface area contributed by atoms with E-state index in [1.54, 1.807) is 0 Å². The van der Waals surface area contributed by atoms with Crippen molar-refractivity contribution in [1.82, 2.24) is 15.1 Å². The van der Waals surface area contributed by atoms with Gasteiger partial charge in [0, 0.05) is 39.3 Å². The molecule has 0 aromatic carbocycles. The molecule has 2 fully saturated rings. The highest BCUT2D eigenvalue weighted by molar-refractivity contribution is 5.85. The van der Waals surface area contributed by atoms with Crippen LogP contribution in [0.1, 0.15) is 6.42 Å². The zero-order valence-corrected chi connectivity index (χ0v) is 11.9. The third-order valence-electron chi connectivity index (χ3n) is 3.47. The Kier molecular flexibility index (Phi) is 6.92. The number of carbonyl (C=O) groups excluding carboxylic acids is 1. The minimum atomic E-state index is 0. The van der Waals surface area contributed by atoms with E-state index in [9.17, 15) is 4.79 Å². The van der Waals surface area contributed by atoms with Crippen molar-refractivity contribution < 1.29 is 9.53 Å². The van der Waals surface area contributed by atoms with E-state index in [1.807, 2.05) is 11.9 Å². The van der Waals surface area contributed by atoms with E-state index in [1.165, 1.54) is 0 Å². The van der Waals surface area contributed by atoms with Gasteiger partial charge in [-0.25, -0.2) is 0 Å². The molecule has 0 saturated carbocycles. The second-order valence-corrected chi connectivity index (χ2v) is 5.06. The summed E-state index contributed by atoms with van der Waals surface area (Å²) in [7, 11) is 2.03. The van der Waals surface area contributed by atoms with Crippen molar-refractivity contribution in [2.24, 2.45) is 5.92 Å². The van der Waals surface area contributed by atoms with Gasteiger partial charge < -0.3 is 15.0 Å². The highest BCUT2D eigenvalue weighted by atomic mass is 35.5. The summed E-state index contributed by atoms with van der Waals surface area (Å²) in [4.78, 5) is 16.1. The summed E-state index contributed by atoms with van der Waals surface area (Å²) in [6.07, 6.45) is 1.13. The molecule has 0 aromatic rings. The largest absolute Gasteiger partial charge is 0.381 e. The van der Waals surface area contributed by atoms with E-state index in [0.717, 1.165) is 52.4 Å². The van der Waals surface area contributed by atoms with Crippen LogP contribution in [0.15, 0.2) is 0 Å². The molecule has 0 spiro atoms. The van der Waals surface area contributed by atoms with Gasteiger partial charge in [0.2, 0.25) is 5.91 Å². The molecule has 0 aromatic heterocycles. The number of ether oxygens (including phenoxy) is 1. The van der Waals surface area contributed by atoms with E-state index < -0.39 is 0 Å². The molecule has 2 aliphatic heterocycles. The standard InChI is InChI=1S/C12H23N3O2.ClH/c1-14(8-11-2-7-17-10-11)9-12(16)15-5-3-13-4-6-15;/h11,13H,2-10H2,1H3;1H. The molecule has 2 aliphatic rings. The maximum absolute atomic E-state index is 12.0. The molecule has 1 unspecified atom stereocenters. The zero-order valence-electron chi connectivity index (χ0n) is 11.1. The van der Waals surface area contributed by atoms with Gasteiger partial charge in [-0.2, -0.15) is 0 Å². The number of amides is 1. The topological polar surface area (TPSA) is 44.8 Å². The normalized spacial score (nSPS) is 24.1. The first-order chi connectivity index (χ1) is 8.25. The molecule has 2 saturated heterocycles. The monoisotopic (exact) mass is 277 g/mol. The number of nitrogens with one attached hydrogen (secondary N) is 1. The maximum atomic E-state index is 12.0. The van der Waals surface area contributed by atoms with Crippen LogP contribution in [0, 0.1) is 5.92 Å². The number of hydrogen-bond acceptors (Lipinski definition) is 4. The summed E-state index contributed by atoms with van der Waals surface area (Å²) in [6.45, 7) is 6.78. The lowest BCUT2D eigenvalue weighted by Gasteiger charge is -2.29. The minimum Gasteiger partial charge on any atom is -0.381 e. The molecular weight excluding hydrogens is 254 g/mol. The predicted octanol–water partition coefficient (Wildman–Crippen LogP) is -0.192. The Balaban J connectivity index is 0.00000162. The third-order valence-corrected chi connectivity index (χ3v) is 3.47. The number of piperazine rings is 1. The Bertz CT molecular complexity index is 254. The molecule has 2 rings (SSSR count). The van der Waals surface area contributed by atoms with E-state index >= 15 is 0 Å². The average molecular weight is 278 g/mol. The van der Waals surface area contributed by atoms with Crippen molar-refractivity contribution in [2.75, 3.05) is 59.5 Å². The van der Waals surface area contributed by atoms with Gasteiger partial charge in [0.1, 0.15) is 0 Å². The fourth-order valence-electron chi connectivity index (χ4n) is 2.48. The SMILES string of the molecule is CN(CC(=O)N1CCNCC1)CC1CCOC1.Cl. The summed E-state index contributed by atoms with van der Waals surface area (Å²) in [5.41, 5.74) is 0. The van der Waals surface area contributed by atoms with Crippen molar-refractivity contribution >= 4 is 18.3 Å². The van der Waals surface area contributed by atoms with Gasteiger partial charge >= 0.3 is 0 Å². The Morgan fingerprint density at radius 1 is 1.44 bits per heavy atom. The number of rotatable bonds is 4. The van der Waals surface area contributed by atoms with Gasteiger partial charge in [-0.15, -0.1) is 12.4 Å². The second kappa shape index (κ2) is 7.94. The second-order valence-electron chi connectivity index (χ2n) is 5.06. The van der Waals surface area contributed by atoms with Crippen LogP contribution < -0.4 is 5.32 Å². The van der Waals surface area contributed by atoms with Crippen LogP contribution in [-0.4, -0.2) is 75.2 Å². The summed E-state index contributed by atoms with van der Waals surface area (Å²) in [5, 5.41) is 3.26. The van der Waals surface area contributed by atoms with Crippen molar-refractivity contribution in [3.63, 3.8) is 0 Å². The molecule has 0 radical (unpaired) electrons. The highest BCUT2D eigenvalue weighted by Crippen LogP contribution is 2.13. The smallest absolute Gasteiger partial charge is 0.236 e. The first-order valence-corrected chi connectivity index (χ1v) is 6.50. The molecule has 1 atom stereocenters. The fraction of sp³-hybridized carbons (Fsp3) is 0.917. The number of likely N-dealkylation sites (N-methyl/N-ethyl adjacent to an activating group) is 1. The number of hydrogen-bond donors (Lipinski definition) is 1. The lowest BCUT2D eigenvalue weighted by molar-refractivity contribution is -0.132. The van der Waals surface area contributed by atoms with Crippen molar-refractivity contribution in [3.8, 4) is 0 Å². The fourth-order valence-corrected chi connectivity index (χ4v) is 2.48. The van der Waals surface area contributed by atoms with Crippen LogP contribution in [-0.2, 0) is 9.53 Å². The molecule has 2 heterocycles. The van der Waals surface area contributed by atoms with Crippen LogP contribution in [0.4, 0.5) is 0 Å². The Labute approximate surface area is 115 Å². The van der Waals surface area contributed by atoms with E-state index in [4.69, 9.17) is 4.74 Å². The van der Waals surface area contributed by atoms with Crippen LogP contribution in [0.3, 0.4) is 0 Å². The van der Waals surface area contributed by atoms with Gasteiger partial charge in [0.15, 0.2) is 0 Å². The van der Waals surface area contributed by atoms with Gasteiger partial charge in [0.25, 0.3) is 0 Å². The van der Waals surface area contributed by atoms with Gasteiger partial charge in [-0.3, -0.25) is 9.69 Å². The molecule has 6 heteroatoms. The minimum absolute atomic E-state index is 0. The lowest BCUT2D eigenvalue weighted by Crippen LogP contribution is -2.49. The van der Waals surface area contributed by atoms with Gasteiger partial charge in [-0.1, -0.05) is 0 Å². The average Bonchev–Trinajstić information content (AvgIpc) is 2.82. The Hall–Kier alpha value is -0.360. The molecule has 106 valence electrons. The zero-order chi connectivity index (χ0) is 12.1. The molecule has 5 nitrogen and oxygen atoms in total. The molecule has 0 aliphatic carbocycles. The number of halogens is 1. The van der Waals surface area contributed by atoms with E-state index in [-0.39, 0.29) is 18.3 Å². The first-order valence-electron chi connectivity index (χ1n) is 6.50. The van der Waals surface area contributed by atoms with Gasteiger partial charge in [0.05, 0.1) is 13.2 Å². The molecule has 1 N–H and O–H groups in total. The highest BCUT2D eigenvalue weighted by Gasteiger charge is 2.21. The quantitative estimate of drug-likeness (QED) is 0.774. The third kappa shape index (κ3) is 4.72. The molecule has 1 amide bonds. The van der Waals surface area contributed by atoms with E-state index in [0.29, 0.717) is 12.5 Å². The van der Waals surface area contributed by atoms with Crippen molar-refractivity contribution in [3.05, 3.63) is 0 Å². The number of nitrogens with zero attached hydrogens (tertiary/aromatic N) is 2. The molecule has 0 bridgehead atoms. The van der Waals surface area contributed by atoms with Crippen LogP contribution in [0.25, 0.3) is 0 Å². The predicted molar refractivity (Wildman–Crippen MR) is 73.1 cm³/mol. The van der Waals surface area contributed by atoms with E-state index in [2.05, 4.69) is 10.2 Å². The van der Waals surface area contributed by atoms with Crippen LogP contribution in [0.5, 0.6) is 0 Å². The first kappa shape index (κ1) is 15.7. The Morgan fingerprint density at radius 3 is 2.78 bits per heavy atom. The summed E-state index contributed by atoms with van der Waals surface area (Å²) in [5.74, 6) is 0.865. The van der Waals surface area contributed by atoms with Crippen molar-refractivity contribution in [2.45, 2.75) is 6.42 Å².